The molecule has 2 N–H and O–H groups in total. The third-order valence-corrected chi connectivity index (χ3v) is 3.70. The van der Waals surface area contributed by atoms with Crippen LogP contribution in [0.25, 0.3) is 0 Å². The van der Waals surface area contributed by atoms with E-state index in [2.05, 4.69) is 22.4 Å². The van der Waals surface area contributed by atoms with Gasteiger partial charge in [-0.3, -0.25) is 4.79 Å². The Morgan fingerprint density at radius 1 is 1.40 bits per heavy atom. The molecular formula is C20H23N3O2. The van der Waals surface area contributed by atoms with E-state index in [1.165, 1.54) is 0 Å². The molecule has 0 unspecified atom stereocenters. The van der Waals surface area contributed by atoms with E-state index < -0.39 is 0 Å². The molecule has 1 aliphatic carbocycles. The van der Waals surface area contributed by atoms with Gasteiger partial charge in [0.2, 0.25) is 0 Å². The Morgan fingerprint density at radius 2 is 2.24 bits per heavy atom. The second kappa shape index (κ2) is 9.27. The lowest BCUT2D eigenvalue weighted by Gasteiger charge is -2.09. The number of ether oxygens (including phenoxy) is 1. The Labute approximate surface area is 148 Å². The molecule has 0 aromatic heterocycles. The van der Waals surface area contributed by atoms with Crippen LogP contribution in [0.5, 0.6) is 0 Å². The molecule has 0 saturated carbocycles. The standard InChI is InChI=1S/C20H23N3O2/c1-4-21-18-11-8-10-17(16(18)3)13-22-23-20(24)14-25-19-12-7-5-6-9-15(19)2/h4-6,8-13,21H,1,7,14H2,2-3H3,(H,23,24)/b22-13+. The van der Waals surface area contributed by atoms with E-state index >= 15 is 0 Å². The summed E-state index contributed by atoms with van der Waals surface area (Å²) in [6.07, 6.45) is 11.9. The highest BCUT2D eigenvalue weighted by Crippen LogP contribution is 2.17. The maximum Gasteiger partial charge on any atom is 0.277 e. The van der Waals surface area contributed by atoms with Crippen molar-refractivity contribution in [3.8, 4) is 0 Å². The molecule has 0 bridgehead atoms. The van der Waals surface area contributed by atoms with Gasteiger partial charge in [-0.25, -0.2) is 5.43 Å². The summed E-state index contributed by atoms with van der Waals surface area (Å²) in [5.41, 5.74) is 6.35. The lowest BCUT2D eigenvalue weighted by Crippen LogP contribution is -2.23. The van der Waals surface area contributed by atoms with Crippen LogP contribution in [0.2, 0.25) is 0 Å². The van der Waals surface area contributed by atoms with Gasteiger partial charge in [0.1, 0.15) is 5.76 Å². The predicted molar refractivity (Wildman–Crippen MR) is 102 cm³/mol. The van der Waals surface area contributed by atoms with Crippen molar-refractivity contribution < 1.29 is 9.53 Å². The van der Waals surface area contributed by atoms with E-state index in [1.807, 2.05) is 56.4 Å². The quantitative estimate of drug-likeness (QED) is 0.587. The fourth-order valence-corrected chi connectivity index (χ4v) is 2.29. The van der Waals surface area contributed by atoms with Crippen LogP contribution in [-0.4, -0.2) is 18.7 Å². The molecular weight excluding hydrogens is 314 g/mol. The maximum atomic E-state index is 11.9. The number of carbonyl (C=O) groups is 1. The van der Waals surface area contributed by atoms with Gasteiger partial charge in [0.25, 0.3) is 5.91 Å². The molecule has 0 heterocycles. The average Bonchev–Trinajstić information content (AvgIpc) is 2.80. The molecule has 1 aromatic carbocycles. The number of nitrogens with one attached hydrogen (secondary N) is 2. The molecule has 0 aliphatic heterocycles. The number of hydrazone groups is 1. The summed E-state index contributed by atoms with van der Waals surface area (Å²) in [4.78, 5) is 11.9. The lowest BCUT2D eigenvalue weighted by atomic mass is 10.1. The first-order valence-corrected chi connectivity index (χ1v) is 8.07. The molecule has 0 spiro atoms. The summed E-state index contributed by atoms with van der Waals surface area (Å²) < 4.78 is 5.56. The first-order chi connectivity index (χ1) is 12.1. The zero-order valence-electron chi connectivity index (χ0n) is 14.6. The van der Waals surface area contributed by atoms with E-state index in [-0.39, 0.29) is 12.5 Å². The van der Waals surface area contributed by atoms with Crippen molar-refractivity contribution in [3.63, 3.8) is 0 Å². The molecule has 1 amide bonds. The molecule has 25 heavy (non-hydrogen) atoms. The highest BCUT2D eigenvalue weighted by atomic mass is 16.5. The summed E-state index contributed by atoms with van der Waals surface area (Å²) in [6.45, 7) is 7.50. The highest BCUT2D eigenvalue weighted by Gasteiger charge is 2.06. The number of allylic oxidation sites excluding steroid dienone is 5. The zero-order valence-corrected chi connectivity index (χ0v) is 14.6. The van der Waals surface area contributed by atoms with Crippen LogP contribution in [0.4, 0.5) is 5.69 Å². The monoisotopic (exact) mass is 337 g/mol. The number of carbonyl (C=O) groups excluding carboxylic acids is 1. The van der Waals surface area contributed by atoms with Gasteiger partial charge in [-0.2, -0.15) is 5.10 Å². The van der Waals surface area contributed by atoms with E-state index in [0.717, 1.165) is 34.6 Å². The minimum Gasteiger partial charge on any atom is -0.484 e. The Balaban J connectivity index is 1.88. The lowest BCUT2D eigenvalue weighted by molar-refractivity contribution is -0.124. The van der Waals surface area contributed by atoms with Crippen LogP contribution in [-0.2, 0) is 9.53 Å². The second-order valence-electron chi connectivity index (χ2n) is 5.53. The van der Waals surface area contributed by atoms with Gasteiger partial charge in [-0.1, -0.05) is 36.9 Å². The van der Waals surface area contributed by atoms with Crippen LogP contribution in [0, 0.1) is 6.92 Å². The molecule has 2 rings (SSSR count). The van der Waals surface area contributed by atoms with Crippen molar-refractivity contribution in [1.29, 1.82) is 0 Å². The third-order valence-electron chi connectivity index (χ3n) is 3.70. The van der Waals surface area contributed by atoms with Crippen molar-refractivity contribution in [2.75, 3.05) is 11.9 Å². The SMILES string of the molecule is C=CNc1cccc(/C=N/NC(=O)COC2=CCC=CC=C2C)c1C. The summed E-state index contributed by atoms with van der Waals surface area (Å²) in [5, 5.41) is 7.06. The van der Waals surface area contributed by atoms with Gasteiger partial charge in [0.15, 0.2) is 6.61 Å². The van der Waals surface area contributed by atoms with Crippen LogP contribution < -0.4 is 10.7 Å². The molecule has 130 valence electrons. The molecule has 1 aromatic rings. The maximum absolute atomic E-state index is 11.9. The first-order valence-electron chi connectivity index (χ1n) is 8.07. The van der Waals surface area contributed by atoms with E-state index in [0.29, 0.717) is 0 Å². The van der Waals surface area contributed by atoms with Gasteiger partial charge in [0.05, 0.1) is 6.21 Å². The number of anilines is 1. The highest BCUT2D eigenvalue weighted by molar-refractivity contribution is 5.86. The smallest absolute Gasteiger partial charge is 0.277 e. The van der Waals surface area contributed by atoms with Gasteiger partial charge in [-0.15, -0.1) is 0 Å². The molecule has 1 aliphatic rings. The van der Waals surface area contributed by atoms with E-state index in [4.69, 9.17) is 4.74 Å². The number of amides is 1. The van der Waals surface area contributed by atoms with Crippen molar-refractivity contribution in [3.05, 3.63) is 77.7 Å². The summed E-state index contributed by atoms with van der Waals surface area (Å²) >= 11 is 0. The summed E-state index contributed by atoms with van der Waals surface area (Å²) in [6, 6.07) is 5.78. The van der Waals surface area contributed by atoms with E-state index in [1.54, 1.807) is 12.4 Å². The largest absolute Gasteiger partial charge is 0.484 e. The molecule has 0 radical (unpaired) electrons. The predicted octanol–water partition coefficient (Wildman–Crippen LogP) is 3.81. The topological polar surface area (TPSA) is 62.7 Å². The summed E-state index contributed by atoms with van der Waals surface area (Å²) in [5.74, 6) is 0.420. The number of nitrogens with zero attached hydrogens (tertiary/aromatic N) is 1. The Morgan fingerprint density at radius 3 is 3.04 bits per heavy atom. The average molecular weight is 337 g/mol. The molecule has 0 saturated heterocycles. The van der Waals surface area contributed by atoms with Crippen molar-refractivity contribution in [2.45, 2.75) is 20.3 Å². The molecule has 0 atom stereocenters. The van der Waals surface area contributed by atoms with Crippen LogP contribution in [0.1, 0.15) is 24.5 Å². The van der Waals surface area contributed by atoms with Gasteiger partial charge in [-0.05, 0) is 55.3 Å². The van der Waals surface area contributed by atoms with Crippen molar-refractivity contribution in [1.82, 2.24) is 5.43 Å². The normalized spacial score (nSPS) is 13.7. The fraction of sp³-hybridized carbons (Fsp3) is 0.200. The Kier molecular flexibility index (Phi) is 6.77. The van der Waals surface area contributed by atoms with Crippen LogP contribution in [0.3, 0.4) is 0 Å². The van der Waals surface area contributed by atoms with Crippen LogP contribution >= 0.6 is 0 Å². The second-order valence-corrected chi connectivity index (χ2v) is 5.53. The minimum absolute atomic E-state index is 0.0780. The molecule has 0 fully saturated rings. The van der Waals surface area contributed by atoms with Crippen LogP contribution in [0.15, 0.2) is 71.7 Å². The number of hydrogen-bond acceptors (Lipinski definition) is 4. The first kappa shape index (κ1) is 18.3. The number of hydrogen-bond donors (Lipinski definition) is 2. The van der Waals surface area contributed by atoms with Gasteiger partial charge < -0.3 is 10.1 Å². The minimum atomic E-state index is -0.305. The van der Waals surface area contributed by atoms with Crippen molar-refractivity contribution in [2.24, 2.45) is 5.10 Å². The molecule has 5 nitrogen and oxygen atoms in total. The summed E-state index contributed by atoms with van der Waals surface area (Å²) in [7, 11) is 0. The van der Waals surface area contributed by atoms with E-state index in [9.17, 15) is 4.79 Å². The van der Waals surface area contributed by atoms with Crippen molar-refractivity contribution >= 4 is 17.8 Å². The Bertz CT molecular complexity index is 758. The number of benzene rings is 1. The fourth-order valence-electron chi connectivity index (χ4n) is 2.29. The molecule has 5 heteroatoms. The number of rotatable bonds is 7. The Hall–Kier alpha value is -3.08. The zero-order chi connectivity index (χ0) is 18.1. The van der Waals surface area contributed by atoms with Gasteiger partial charge in [0, 0.05) is 5.69 Å². The van der Waals surface area contributed by atoms with Gasteiger partial charge >= 0.3 is 0 Å². The third kappa shape index (κ3) is 5.49.